The van der Waals surface area contributed by atoms with Crippen molar-refractivity contribution in [1.29, 1.82) is 0 Å². The van der Waals surface area contributed by atoms with Gasteiger partial charge in [0.05, 0.1) is 23.0 Å². The molecule has 3 atom stereocenters. The summed E-state index contributed by atoms with van der Waals surface area (Å²) in [5.41, 5.74) is -0.527. The first-order valence-corrected chi connectivity index (χ1v) is 11.5. The molecule has 2 aromatic carbocycles. The van der Waals surface area contributed by atoms with Crippen molar-refractivity contribution >= 4 is 33.4 Å². The number of benzene rings is 2. The van der Waals surface area contributed by atoms with Gasteiger partial charge in [0.2, 0.25) is 0 Å². The molecule has 11 heteroatoms. The number of aromatic nitrogens is 1. The van der Waals surface area contributed by atoms with Crippen molar-refractivity contribution in [1.82, 2.24) is 10.1 Å². The summed E-state index contributed by atoms with van der Waals surface area (Å²) in [6.45, 7) is 2.38. The van der Waals surface area contributed by atoms with E-state index in [1.165, 1.54) is 11.0 Å². The van der Waals surface area contributed by atoms with E-state index in [2.05, 4.69) is 9.52 Å². The molecular formula is C21H19F3N4O3S. The van der Waals surface area contributed by atoms with E-state index < -0.39 is 33.6 Å². The molecule has 2 amide bonds. The zero-order chi connectivity index (χ0) is 22.6. The SMILES string of the molecule is CC/[SH](=O)=N\[C@H]1C[C@H]2CN(c3noc4cc(F)cc(-c5c(F)cccc5F)c34)C(=O)N2C1. The summed E-state index contributed by atoms with van der Waals surface area (Å²) >= 11 is 0. The molecule has 0 radical (unpaired) electrons. The van der Waals surface area contributed by atoms with Gasteiger partial charge in [-0.05, 0) is 24.6 Å². The van der Waals surface area contributed by atoms with Crippen LogP contribution in [0.25, 0.3) is 22.1 Å². The predicted molar refractivity (Wildman–Crippen MR) is 113 cm³/mol. The molecule has 1 aromatic heterocycles. The molecule has 3 heterocycles. The van der Waals surface area contributed by atoms with E-state index in [0.717, 1.165) is 24.3 Å². The highest BCUT2D eigenvalue weighted by molar-refractivity contribution is 7.74. The third kappa shape index (κ3) is 3.31. The Morgan fingerprint density at radius 2 is 1.97 bits per heavy atom. The lowest BCUT2D eigenvalue weighted by atomic mass is 10.00. The monoisotopic (exact) mass is 464 g/mol. The normalized spacial score (nSPS) is 21.7. The molecule has 0 bridgehead atoms. The summed E-state index contributed by atoms with van der Waals surface area (Å²) in [6.07, 6.45) is 0.558. The van der Waals surface area contributed by atoms with Crippen LogP contribution in [0.2, 0.25) is 0 Å². The number of rotatable bonds is 4. The molecule has 0 spiro atoms. The third-order valence-electron chi connectivity index (χ3n) is 5.83. The topological polar surface area (TPSA) is 79.0 Å². The number of nitrogens with zero attached hydrogens (tertiary/aromatic N) is 4. The van der Waals surface area contributed by atoms with Crippen LogP contribution in [0.1, 0.15) is 13.3 Å². The fourth-order valence-electron chi connectivity index (χ4n) is 4.43. The van der Waals surface area contributed by atoms with E-state index >= 15 is 0 Å². The smallest absolute Gasteiger partial charge is 0.326 e. The molecule has 2 saturated heterocycles. The van der Waals surface area contributed by atoms with Gasteiger partial charge in [0, 0.05) is 41.1 Å². The van der Waals surface area contributed by atoms with Gasteiger partial charge in [-0.3, -0.25) is 9.11 Å². The van der Waals surface area contributed by atoms with Crippen molar-refractivity contribution in [2.75, 3.05) is 23.7 Å². The number of hydrogen-bond acceptors (Lipinski definition) is 5. The van der Waals surface area contributed by atoms with Crippen molar-refractivity contribution in [3.05, 3.63) is 47.8 Å². The fourth-order valence-corrected chi connectivity index (χ4v) is 5.12. The summed E-state index contributed by atoms with van der Waals surface area (Å²) < 4.78 is 64.5. The Morgan fingerprint density at radius 3 is 2.66 bits per heavy atom. The van der Waals surface area contributed by atoms with E-state index in [1.54, 1.807) is 11.8 Å². The van der Waals surface area contributed by atoms with Crippen LogP contribution < -0.4 is 4.90 Å². The van der Waals surface area contributed by atoms with Gasteiger partial charge in [0.25, 0.3) is 0 Å². The number of amides is 2. The molecule has 0 N–H and O–H groups in total. The fraction of sp³-hybridized carbons (Fsp3) is 0.333. The first-order valence-electron chi connectivity index (χ1n) is 10.1. The Balaban J connectivity index is 1.56. The molecule has 2 aliphatic heterocycles. The summed E-state index contributed by atoms with van der Waals surface area (Å²) in [6, 6.07) is 4.70. The Kier molecular flexibility index (Phi) is 5.07. The minimum Gasteiger partial charge on any atom is -0.354 e. The van der Waals surface area contributed by atoms with Crippen LogP contribution in [0.3, 0.4) is 0 Å². The molecule has 2 aliphatic rings. The maximum absolute atomic E-state index is 14.5. The third-order valence-corrected chi connectivity index (χ3v) is 6.96. The Hall–Kier alpha value is -3.08. The second kappa shape index (κ2) is 7.80. The first kappa shape index (κ1) is 20.8. The van der Waals surface area contributed by atoms with Gasteiger partial charge in [-0.2, -0.15) is 0 Å². The molecule has 1 unspecified atom stereocenters. The predicted octanol–water partition coefficient (Wildman–Crippen LogP) is 3.98. The summed E-state index contributed by atoms with van der Waals surface area (Å²) in [4.78, 5) is 16.1. The van der Waals surface area contributed by atoms with E-state index in [4.69, 9.17) is 4.52 Å². The van der Waals surface area contributed by atoms with Crippen LogP contribution in [-0.4, -0.2) is 51.2 Å². The number of fused-ring (bicyclic) bond motifs is 2. The van der Waals surface area contributed by atoms with Gasteiger partial charge >= 0.3 is 6.03 Å². The van der Waals surface area contributed by atoms with E-state index in [-0.39, 0.29) is 47.0 Å². The molecule has 5 rings (SSSR count). The maximum Gasteiger partial charge on any atom is 0.326 e. The van der Waals surface area contributed by atoms with E-state index in [1.807, 2.05) is 0 Å². The summed E-state index contributed by atoms with van der Waals surface area (Å²) in [5, 5.41) is 4.10. The molecule has 2 fully saturated rings. The lowest BCUT2D eigenvalue weighted by Gasteiger charge is -2.17. The molecular weight excluding hydrogens is 445 g/mol. The summed E-state index contributed by atoms with van der Waals surface area (Å²) in [5.74, 6) is -1.96. The molecule has 32 heavy (non-hydrogen) atoms. The largest absolute Gasteiger partial charge is 0.354 e. The lowest BCUT2D eigenvalue weighted by Crippen LogP contribution is -2.33. The quantitative estimate of drug-likeness (QED) is 0.593. The Bertz CT molecular complexity index is 1300. The van der Waals surface area contributed by atoms with Crippen LogP contribution in [0.5, 0.6) is 0 Å². The van der Waals surface area contributed by atoms with Gasteiger partial charge in [-0.1, -0.05) is 18.1 Å². The van der Waals surface area contributed by atoms with Crippen molar-refractivity contribution in [2.24, 2.45) is 4.36 Å². The second-order valence-electron chi connectivity index (χ2n) is 7.80. The highest BCUT2D eigenvalue weighted by Gasteiger charge is 2.46. The van der Waals surface area contributed by atoms with Gasteiger partial charge in [0.15, 0.2) is 11.4 Å². The second-order valence-corrected chi connectivity index (χ2v) is 9.37. The van der Waals surface area contributed by atoms with Crippen molar-refractivity contribution in [3.63, 3.8) is 0 Å². The van der Waals surface area contributed by atoms with Crippen LogP contribution in [0.15, 0.2) is 39.2 Å². The van der Waals surface area contributed by atoms with Crippen molar-refractivity contribution < 1.29 is 26.7 Å². The first-order chi connectivity index (χ1) is 15.4. The average Bonchev–Trinajstić information content (AvgIpc) is 3.42. The number of carbonyl (C=O) groups excluding carboxylic acids is 1. The number of hydrogen-bond donors (Lipinski definition) is 1. The molecule has 168 valence electrons. The Labute approximate surface area is 183 Å². The number of halogens is 3. The van der Waals surface area contributed by atoms with Gasteiger partial charge in [0.1, 0.15) is 17.5 Å². The minimum atomic E-state index is -1.64. The summed E-state index contributed by atoms with van der Waals surface area (Å²) in [7, 11) is -1.64. The van der Waals surface area contributed by atoms with Crippen LogP contribution in [0.4, 0.5) is 23.8 Å². The highest BCUT2D eigenvalue weighted by atomic mass is 32.2. The number of carbonyl (C=O) groups is 1. The lowest BCUT2D eigenvalue weighted by molar-refractivity contribution is 0.218. The average molecular weight is 464 g/mol. The molecule has 7 nitrogen and oxygen atoms in total. The van der Waals surface area contributed by atoms with Crippen LogP contribution in [0, 0.1) is 17.5 Å². The number of thiol groups is 1. The molecule has 0 saturated carbocycles. The molecule has 0 aliphatic carbocycles. The van der Waals surface area contributed by atoms with Crippen molar-refractivity contribution in [2.45, 2.75) is 25.4 Å². The van der Waals surface area contributed by atoms with Crippen molar-refractivity contribution in [3.8, 4) is 11.1 Å². The number of anilines is 1. The highest BCUT2D eigenvalue weighted by Crippen LogP contribution is 2.41. The van der Waals surface area contributed by atoms with Gasteiger partial charge < -0.3 is 9.42 Å². The van der Waals surface area contributed by atoms with E-state index in [9.17, 15) is 22.2 Å². The van der Waals surface area contributed by atoms with Gasteiger partial charge in [-0.15, -0.1) is 0 Å². The number of urea groups is 1. The molecule has 3 aromatic rings. The van der Waals surface area contributed by atoms with E-state index in [0.29, 0.717) is 18.7 Å². The van der Waals surface area contributed by atoms with Crippen LogP contribution >= 0.6 is 0 Å². The Morgan fingerprint density at radius 1 is 1.22 bits per heavy atom. The minimum absolute atomic E-state index is 0.0228. The zero-order valence-electron chi connectivity index (χ0n) is 17.0. The standard InChI is InChI=1S/C21H19F3N4O3S/c1-2-32(30)26-12-8-13-10-28(21(29)27(13)9-12)20-19-14(6-11(22)7-17(19)31-25-20)18-15(23)4-3-5-16(18)24/h3-7,12-13,32H,2,8-10H2,1H3/t12-,13-/m0/s1. The zero-order valence-corrected chi connectivity index (χ0v) is 17.9. The van der Waals surface area contributed by atoms with Gasteiger partial charge in [-0.25, -0.2) is 22.3 Å². The maximum atomic E-state index is 14.5. The van der Waals surface area contributed by atoms with Crippen LogP contribution in [-0.2, 0) is 10.6 Å².